The molecule has 0 spiro atoms. The third kappa shape index (κ3) is 2.66. The van der Waals surface area contributed by atoms with Crippen LogP contribution in [0, 0.1) is 0 Å². The summed E-state index contributed by atoms with van der Waals surface area (Å²) in [5.41, 5.74) is 1.10. The van der Waals surface area contributed by atoms with Crippen LogP contribution in [0.25, 0.3) is 11.0 Å². The van der Waals surface area contributed by atoms with E-state index in [2.05, 4.69) is 14.1 Å². The summed E-state index contributed by atoms with van der Waals surface area (Å²) in [4.78, 5) is 0.257. The van der Waals surface area contributed by atoms with Gasteiger partial charge in [0.1, 0.15) is 15.9 Å². The number of aromatic nitrogens is 2. The molecule has 1 aromatic heterocycles. The van der Waals surface area contributed by atoms with Crippen LogP contribution >= 0.6 is 24.1 Å². The third-order valence-electron chi connectivity index (χ3n) is 3.20. The summed E-state index contributed by atoms with van der Waals surface area (Å²) in [7, 11) is -3.49. The van der Waals surface area contributed by atoms with Gasteiger partial charge >= 0.3 is 0 Å². The highest BCUT2D eigenvalue weighted by molar-refractivity contribution is 7.89. The van der Waals surface area contributed by atoms with Crippen LogP contribution in [-0.4, -0.2) is 47.1 Å². The highest BCUT2D eigenvalue weighted by Gasteiger charge is 2.30. The zero-order valence-electron chi connectivity index (χ0n) is 10.8. The van der Waals surface area contributed by atoms with Gasteiger partial charge in [0.25, 0.3) is 0 Å². The van der Waals surface area contributed by atoms with Crippen molar-refractivity contribution in [1.29, 1.82) is 0 Å². The van der Waals surface area contributed by atoms with Gasteiger partial charge in [0.2, 0.25) is 10.0 Å². The molecule has 6 nitrogen and oxygen atoms in total. The Morgan fingerprint density at radius 1 is 1.40 bits per heavy atom. The molecule has 1 fully saturated rings. The van der Waals surface area contributed by atoms with Crippen molar-refractivity contribution >= 4 is 45.2 Å². The molecule has 0 aliphatic carbocycles. The minimum Gasteiger partial charge on any atom is -0.312 e. The molecule has 0 unspecified atom stereocenters. The average molecular weight is 335 g/mol. The molecule has 0 saturated carbocycles. The Labute approximate surface area is 128 Å². The minimum absolute atomic E-state index is 0. The Hall–Kier alpha value is -0.800. The van der Waals surface area contributed by atoms with Crippen molar-refractivity contribution in [1.82, 2.24) is 18.4 Å². The number of piperazine rings is 1. The Kier molecular flexibility index (Phi) is 4.60. The Morgan fingerprint density at radius 3 is 2.95 bits per heavy atom. The quantitative estimate of drug-likeness (QED) is 0.890. The minimum atomic E-state index is -3.49. The molecule has 0 bridgehead atoms. The van der Waals surface area contributed by atoms with Gasteiger partial charge in [-0.2, -0.15) is 13.1 Å². The summed E-state index contributed by atoms with van der Waals surface area (Å²) in [6.45, 7) is 3.62. The lowest BCUT2D eigenvalue weighted by molar-refractivity contribution is 0.310. The first-order chi connectivity index (χ1) is 9.09. The van der Waals surface area contributed by atoms with E-state index in [1.807, 2.05) is 6.92 Å². The summed E-state index contributed by atoms with van der Waals surface area (Å²) in [5, 5.41) is 3.24. The van der Waals surface area contributed by atoms with Gasteiger partial charge in [0, 0.05) is 25.7 Å². The second kappa shape index (κ2) is 5.90. The summed E-state index contributed by atoms with van der Waals surface area (Å²) < 4.78 is 35.1. The van der Waals surface area contributed by atoms with Gasteiger partial charge in [-0.15, -0.1) is 12.4 Å². The van der Waals surface area contributed by atoms with Gasteiger partial charge in [-0.05, 0) is 19.1 Å². The van der Waals surface area contributed by atoms with E-state index in [4.69, 9.17) is 0 Å². The molecular weight excluding hydrogens is 320 g/mol. The largest absolute Gasteiger partial charge is 0.312 e. The van der Waals surface area contributed by atoms with E-state index in [-0.39, 0.29) is 23.3 Å². The molecule has 1 aliphatic heterocycles. The van der Waals surface area contributed by atoms with Crippen LogP contribution in [0.15, 0.2) is 23.1 Å². The lowest BCUT2D eigenvalue weighted by Gasteiger charge is -2.30. The monoisotopic (exact) mass is 334 g/mol. The molecule has 1 atom stereocenters. The average Bonchev–Trinajstić information content (AvgIpc) is 2.86. The third-order valence-corrected chi connectivity index (χ3v) is 5.64. The number of sulfonamides is 1. The SMILES string of the molecule is C[C@H]1CN(S(=O)(=O)c2cccc3nsnc23)CCN1.Cl. The lowest BCUT2D eigenvalue weighted by Crippen LogP contribution is -2.51. The highest BCUT2D eigenvalue weighted by Crippen LogP contribution is 2.24. The van der Waals surface area contributed by atoms with Crippen molar-refractivity contribution in [3.05, 3.63) is 18.2 Å². The highest BCUT2D eigenvalue weighted by atomic mass is 35.5. The fourth-order valence-electron chi connectivity index (χ4n) is 2.24. The Balaban J connectivity index is 0.00000147. The predicted octanol–water partition coefficient (Wildman–Crippen LogP) is 1.10. The van der Waals surface area contributed by atoms with Crippen molar-refractivity contribution in [3.63, 3.8) is 0 Å². The van der Waals surface area contributed by atoms with Crippen molar-refractivity contribution < 1.29 is 8.42 Å². The molecule has 9 heteroatoms. The number of nitrogens with one attached hydrogen (secondary N) is 1. The number of fused-ring (bicyclic) bond motifs is 1. The number of hydrogen-bond donors (Lipinski definition) is 1. The van der Waals surface area contributed by atoms with E-state index in [9.17, 15) is 8.42 Å². The number of halogens is 1. The molecule has 1 aromatic carbocycles. The number of hydrogen-bond acceptors (Lipinski definition) is 6. The molecule has 20 heavy (non-hydrogen) atoms. The van der Waals surface area contributed by atoms with Crippen LogP contribution in [0.5, 0.6) is 0 Å². The fourth-order valence-corrected chi connectivity index (χ4v) is 4.53. The first-order valence-corrected chi connectivity index (χ1v) is 8.21. The maximum absolute atomic E-state index is 12.7. The molecule has 2 aromatic rings. The standard InChI is InChI=1S/C11H14N4O2S2.ClH/c1-8-7-15(6-5-12-8)19(16,17)10-4-2-3-9-11(10)14-18-13-9;/h2-4,8,12H,5-7H2,1H3;1H/t8-;/m0./s1. The smallest absolute Gasteiger partial charge is 0.245 e. The summed E-state index contributed by atoms with van der Waals surface area (Å²) in [5.74, 6) is 0. The van der Waals surface area contributed by atoms with Crippen LogP contribution in [0.3, 0.4) is 0 Å². The molecule has 0 amide bonds. The van der Waals surface area contributed by atoms with Crippen LogP contribution < -0.4 is 5.32 Å². The van der Waals surface area contributed by atoms with Gasteiger partial charge in [-0.1, -0.05) is 6.07 Å². The maximum Gasteiger partial charge on any atom is 0.245 e. The zero-order chi connectivity index (χ0) is 13.5. The van der Waals surface area contributed by atoms with Gasteiger partial charge in [0.05, 0.1) is 11.7 Å². The Bertz CT molecular complexity index is 703. The van der Waals surface area contributed by atoms with E-state index in [1.54, 1.807) is 18.2 Å². The first-order valence-electron chi connectivity index (χ1n) is 6.04. The molecule has 1 N–H and O–H groups in total. The van der Waals surface area contributed by atoms with Crippen LogP contribution in [0.2, 0.25) is 0 Å². The fraction of sp³-hybridized carbons (Fsp3) is 0.455. The van der Waals surface area contributed by atoms with Crippen molar-refractivity contribution in [2.75, 3.05) is 19.6 Å². The second-order valence-electron chi connectivity index (χ2n) is 4.61. The number of nitrogens with zero attached hydrogens (tertiary/aromatic N) is 3. The number of rotatable bonds is 2. The molecule has 1 aliphatic rings. The van der Waals surface area contributed by atoms with Gasteiger partial charge < -0.3 is 5.32 Å². The molecule has 1 saturated heterocycles. The van der Waals surface area contributed by atoms with E-state index >= 15 is 0 Å². The molecular formula is C11H15ClN4O2S2. The Morgan fingerprint density at radius 2 is 2.20 bits per heavy atom. The van der Waals surface area contributed by atoms with Crippen molar-refractivity contribution in [2.45, 2.75) is 17.9 Å². The second-order valence-corrected chi connectivity index (χ2v) is 7.04. The topological polar surface area (TPSA) is 75.2 Å². The molecule has 3 rings (SSSR count). The predicted molar refractivity (Wildman–Crippen MR) is 80.9 cm³/mol. The number of benzene rings is 1. The molecule has 2 heterocycles. The van der Waals surface area contributed by atoms with Crippen LogP contribution in [0.1, 0.15) is 6.92 Å². The zero-order valence-corrected chi connectivity index (χ0v) is 13.3. The van der Waals surface area contributed by atoms with Gasteiger partial charge in [-0.3, -0.25) is 0 Å². The van der Waals surface area contributed by atoms with Crippen molar-refractivity contribution in [2.24, 2.45) is 0 Å². The molecule has 110 valence electrons. The van der Waals surface area contributed by atoms with E-state index < -0.39 is 10.0 Å². The van der Waals surface area contributed by atoms with Gasteiger partial charge in [-0.25, -0.2) is 8.42 Å². The summed E-state index contributed by atoms with van der Waals surface area (Å²) >= 11 is 1.04. The summed E-state index contributed by atoms with van der Waals surface area (Å²) in [6.07, 6.45) is 0. The van der Waals surface area contributed by atoms with Crippen LogP contribution in [0.4, 0.5) is 0 Å². The van der Waals surface area contributed by atoms with Crippen molar-refractivity contribution in [3.8, 4) is 0 Å². The summed E-state index contributed by atoms with van der Waals surface area (Å²) in [6, 6.07) is 5.25. The van der Waals surface area contributed by atoms with Gasteiger partial charge in [0.15, 0.2) is 0 Å². The lowest BCUT2D eigenvalue weighted by atomic mass is 10.3. The maximum atomic E-state index is 12.7. The normalized spacial score (nSPS) is 20.8. The van der Waals surface area contributed by atoms with E-state index in [0.29, 0.717) is 30.7 Å². The first kappa shape index (κ1) is 15.6. The van der Waals surface area contributed by atoms with E-state index in [1.165, 1.54) is 4.31 Å². The van der Waals surface area contributed by atoms with Crippen LogP contribution in [-0.2, 0) is 10.0 Å². The molecule has 0 radical (unpaired) electrons. The van der Waals surface area contributed by atoms with E-state index in [0.717, 1.165) is 11.7 Å².